The second-order valence-electron chi connectivity index (χ2n) is 19.2. The molecule has 1 amide bonds. The van der Waals surface area contributed by atoms with Crippen molar-refractivity contribution in [3.63, 3.8) is 0 Å². The van der Waals surface area contributed by atoms with Crippen LogP contribution in [0.25, 0.3) is 5.57 Å². The van der Waals surface area contributed by atoms with Crippen molar-refractivity contribution < 1.29 is 23.1 Å². The number of hydrogen-bond acceptors (Lipinski definition) is 6. The van der Waals surface area contributed by atoms with Gasteiger partial charge in [0.2, 0.25) is 5.91 Å². The quantitative estimate of drug-likeness (QED) is 0.273. The van der Waals surface area contributed by atoms with Gasteiger partial charge in [-0.2, -0.15) is 0 Å². The molecular formula is C45H60N2O5S2. The number of benzene rings is 1. The number of fused-ring (bicyclic) bond motifs is 7. The van der Waals surface area contributed by atoms with E-state index in [4.69, 9.17) is 0 Å². The van der Waals surface area contributed by atoms with Gasteiger partial charge in [-0.25, -0.2) is 13.2 Å². The molecule has 8 rings (SSSR count). The molecule has 5 fully saturated rings. The van der Waals surface area contributed by atoms with Crippen LogP contribution >= 0.6 is 11.3 Å². The first-order valence-corrected chi connectivity index (χ1v) is 23.2. The third-order valence-corrected chi connectivity index (χ3v) is 18.9. The minimum absolute atomic E-state index is 0.0317. The number of sulfone groups is 1. The Morgan fingerprint density at radius 2 is 1.63 bits per heavy atom. The summed E-state index contributed by atoms with van der Waals surface area (Å²) in [6.07, 6.45) is 12.5. The molecule has 1 saturated heterocycles. The topological polar surface area (TPSA) is 104 Å². The Labute approximate surface area is 327 Å². The number of rotatable bonds is 7. The maximum Gasteiger partial charge on any atom is 0.335 e. The standard InChI is InChI=1S/C45H60N2O5S2/c1-28(2)31-15-21-45(46-40(48)39(35-8-7-25-53-35)47-23-26-54(51,52)27-24-47)22-17-34-32(38(31)45)13-14-37-43(34,5)20-18-36-42(3,4)33(16-19-44(36,37)6)29-9-11-30(12-10-29)41(49)50/h7-12,16,25,31-32,34,36-39H,1,13-15,17-24,26-27H2,2-6H3,(H,46,48)(H,49,50)/t31-,32-,34?,36-,37-,38+,39?,43-,44-,45-/m0/s1. The predicted octanol–water partition coefficient (Wildman–Crippen LogP) is 9.05. The zero-order valence-electron chi connectivity index (χ0n) is 32.9. The summed E-state index contributed by atoms with van der Waals surface area (Å²) < 4.78 is 24.8. The number of nitrogens with one attached hydrogen (secondary N) is 1. The number of carboxylic acid groups (broad SMARTS) is 1. The summed E-state index contributed by atoms with van der Waals surface area (Å²) in [5.74, 6) is 2.38. The zero-order valence-corrected chi connectivity index (χ0v) is 34.5. The summed E-state index contributed by atoms with van der Waals surface area (Å²) in [5, 5.41) is 15.3. The van der Waals surface area contributed by atoms with Crippen LogP contribution in [0, 0.1) is 51.8 Å². The predicted molar refractivity (Wildman–Crippen MR) is 217 cm³/mol. The van der Waals surface area contributed by atoms with Gasteiger partial charge in [-0.1, -0.05) is 64.1 Å². The lowest BCUT2D eigenvalue weighted by atomic mass is 9.36. The second-order valence-corrected chi connectivity index (χ2v) is 22.5. The molecule has 0 spiro atoms. The van der Waals surface area contributed by atoms with Crippen molar-refractivity contribution >= 4 is 38.6 Å². The van der Waals surface area contributed by atoms with E-state index in [1.807, 2.05) is 29.6 Å². The second kappa shape index (κ2) is 13.4. The normalized spacial score (nSPS) is 38.8. The number of carbonyl (C=O) groups is 2. The highest BCUT2D eigenvalue weighted by Gasteiger charge is 2.67. The van der Waals surface area contributed by atoms with Crippen LogP contribution in [-0.4, -0.2) is 60.4 Å². The van der Waals surface area contributed by atoms with Gasteiger partial charge < -0.3 is 10.4 Å². The largest absolute Gasteiger partial charge is 0.478 e. The lowest BCUT2D eigenvalue weighted by Gasteiger charge is -2.68. The van der Waals surface area contributed by atoms with Crippen molar-refractivity contribution in [1.82, 2.24) is 10.2 Å². The summed E-state index contributed by atoms with van der Waals surface area (Å²) in [4.78, 5) is 29.4. The van der Waals surface area contributed by atoms with E-state index in [0.29, 0.717) is 54.2 Å². The van der Waals surface area contributed by atoms with E-state index in [2.05, 4.69) is 57.5 Å². The number of amides is 1. The summed E-state index contributed by atoms with van der Waals surface area (Å²) in [5.41, 5.74) is 4.17. The highest BCUT2D eigenvalue weighted by molar-refractivity contribution is 7.91. The Bertz CT molecular complexity index is 1940. The Balaban J connectivity index is 1.08. The van der Waals surface area contributed by atoms with Gasteiger partial charge in [0.05, 0.1) is 17.1 Å². The first-order valence-electron chi connectivity index (χ1n) is 20.5. The molecule has 7 nitrogen and oxygen atoms in total. The first kappa shape index (κ1) is 38.1. The van der Waals surface area contributed by atoms with Crippen LogP contribution in [0.1, 0.15) is 119 Å². The molecule has 9 heteroatoms. The van der Waals surface area contributed by atoms with Gasteiger partial charge in [0.1, 0.15) is 6.04 Å². The molecule has 2 heterocycles. The van der Waals surface area contributed by atoms with E-state index in [1.165, 1.54) is 36.8 Å². The molecule has 2 unspecified atom stereocenters. The van der Waals surface area contributed by atoms with E-state index < -0.39 is 21.8 Å². The number of carboxylic acids is 1. The van der Waals surface area contributed by atoms with E-state index in [1.54, 1.807) is 23.5 Å². The minimum Gasteiger partial charge on any atom is -0.478 e. The van der Waals surface area contributed by atoms with Gasteiger partial charge in [0.25, 0.3) is 0 Å². The lowest BCUT2D eigenvalue weighted by molar-refractivity contribution is -0.176. The molecule has 0 radical (unpaired) electrons. The van der Waals surface area contributed by atoms with Crippen molar-refractivity contribution in [3.05, 3.63) is 76.0 Å². The lowest BCUT2D eigenvalue weighted by Crippen LogP contribution is -2.65. The molecule has 1 aliphatic heterocycles. The van der Waals surface area contributed by atoms with Gasteiger partial charge in [-0.15, -0.1) is 11.3 Å². The number of nitrogens with zero attached hydrogens (tertiary/aromatic N) is 1. The van der Waals surface area contributed by atoms with Gasteiger partial charge in [0.15, 0.2) is 9.84 Å². The van der Waals surface area contributed by atoms with Gasteiger partial charge >= 0.3 is 5.97 Å². The third-order valence-electron chi connectivity index (χ3n) is 16.4. The Morgan fingerprint density at radius 1 is 0.926 bits per heavy atom. The Kier molecular flexibility index (Phi) is 9.49. The fraction of sp³-hybridized carbons (Fsp3) is 0.644. The molecule has 2 aromatic rings. The van der Waals surface area contributed by atoms with Crippen LogP contribution in [0.2, 0.25) is 0 Å². The molecule has 10 atom stereocenters. The van der Waals surface area contributed by atoms with Crippen molar-refractivity contribution in [2.45, 2.75) is 104 Å². The third kappa shape index (κ3) is 6.00. The van der Waals surface area contributed by atoms with Crippen LogP contribution in [-0.2, 0) is 14.6 Å². The molecule has 1 aromatic heterocycles. The zero-order chi connectivity index (χ0) is 38.4. The minimum atomic E-state index is -3.07. The molecule has 292 valence electrons. The highest BCUT2D eigenvalue weighted by Crippen LogP contribution is 2.73. The fourth-order valence-electron chi connectivity index (χ4n) is 14.1. The SMILES string of the molecule is C=C(C)[C@@H]1CC[C@]2(NC(=O)C(c3cccs3)N3CCS(=O)(=O)CC3)CCC3[C@H](CC[C@@H]4[C@@]5(C)CC=C(c6ccc(C(=O)O)cc6)C(C)(C)[C@@H]5CC[C@@]34C)[C@@H]12. The summed E-state index contributed by atoms with van der Waals surface area (Å²) in [7, 11) is -3.07. The van der Waals surface area contributed by atoms with Crippen LogP contribution in [0.5, 0.6) is 0 Å². The van der Waals surface area contributed by atoms with Crippen molar-refractivity contribution in [2.75, 3.05) is 24.6 Å². The van der Waals surface area contributed by atoms with E-state index >= 15 is 0 Å². The van der Waals surface area contributed by atoms with Crippen molar-refractivity contribution in [3.8, 4) is 0 Å². The van der Waals surface area contributed by atoms with E-state index in [0.717, 1.165) is 42.5 Å². The van der Waals surface area contributed by atoms with Crippen molar-refractivity contribution in [1.29, 1.82) is 0 Å². The maximum atomic E-state index is 14.7. The number of aromatic carboxylic acids is 1. The summed E-state index contributed by atoms with van der Waals surface area (Å²) >= 11 is 1.59. The Morgan fingerprint density at radius 3 is 2.28 bits per heavy atom. The number of allylic oxidation sites excluding steroid dienone is 3. The van der Waals surface area contributed by atoms with Crippen LogP contribution in [0.3, 0.4) is 0 Å². The van der Waals surface area contributed by atoms with Crippen LogP contribution < -0.4 is 5.32 Å². The van der Waals surface area contributed by atoms with Crippen molar-refractivity contribution in [2.24, 2.45) is 51.8 Å². The molecule has 5 aliphatic carbocycles. The molecule has 1 aromatic carbocycles. The average molecular weight is 773 g/mol. The first-order chi connectivity index (χ1) is 25.5. The highest BCUT2D eigenvalue weighted by atomic mass is 32.2. The molecule has 2 N–H and O–H groups in total. The number of thiophene rings is 1. The van der Waals surface area contributed by atoms with Gasteiger partial charge in [0, 0.05) is 23.5 Å². The van der Waals surface area contributed by atoms with Gasteiger partial charge in [-0.05, 0) is 151 Å². The molecular weight excluding hydrogens is 713 g/mol. The fourth-order valence-corrected chi connectivity index (χ4v) is 16.2. The molecule has 4 saturated carbocycles. The van der Waals surface area contributed by atoms with Gasteiger partial charge in [-0.3, -0.25) is 9.69 Å². The number of carbonyl (C=O) groups excluding carboxylic acids is 1. The Hall–Kier alpha value is -2.75. The summed E-state index contributed by atoms with van der Waals surface area (Å²) in [6, 6.07) is 11.1. The van der Waals surface area contributed by atoms with Crippen LogP contribution in [0.15, 0.2) is 60.0 Å². The van der Waals surface area contributed by atoms with E-state index in [9.17, 15) is 23.1 Å². The summed E-state index contributed by atoms with van der Waals surface area (Å²) in [6.45, 7) is 17.6. The number of hydrogen-bond donors (Lipinski definition) is 2. The average Bonchev–Trinajstić information content (AvgIpc) is 3.78. The maximum absolute atomic E-state index is 14.7. The molecule has 54 heavy (non-hydrogen) atoms. The van der Waals surface area contributed by atoms with Crippen LogP contribution in [0.4, 0.5) is 0 Å². The smallest absolute Gasteiger partial charge is 0.335 e. The van der Waals surface area contributed by atoms with E-state index in [-0.39, 0.29) is 39.2 Å². The molecule has 6 aliphatic rings. The monoisotopic (exact) mass is 772 g/mol. The molecule has 0 bridgehead atoms.